The van der Waals surface area contributed by atoms with Gasteiger partial charge in [-0.15, -0.1) is 0 Å². The molecule has 28 heavy (non-hydrogen) atoms. The molecule has 0 radical (unpaired) electrons. The molecule has 1 fully saturated rings. The lowest BCUT2D eigenvalue weighted by molar-refractivity contribution is 0.0951. The number of urea groups is 1. The van der Waals surface area contributed by atoms with Crippen molar-refractivity contribution in [3.05, 3.63) is 53.7 Å². The molecule has 1 saturated carbocycles. The van der Waals surface area contributed by atoms with E-state index in [1.165, 1.54) is 12.8 Å². The lowest BCUT2D eigenvalue weighted by Crippen LogP contribution is -2.34. The standard InChI is InChI=1S/C21H26N4O3/c1-14(2)24-21(27)25-18-5-3-4-17(10-18)20(26)23-12-16-8-9-19(22-11-16)28-13-15-6-7-15/h3-5,8-11,14-15H,6-7,12-13H2,1-2H3,(H,23,26)(H2,24,25,27). The minimum atomic E-state index is -0.303. The summed E-state index contributed by atoms with van der Waals surface area (Å²) in [5.41, 5.74) is 1.92. The number of carbonyl (C=O) groups is 2. The van der Waals surface area contributed by atoms with Gasteiger partial charge in [0.15, 0.2) is 0 Å². The maximum absolute atomic E-state index is 12.4. The highest BCUT2D eigenvalue weighted by Crippen LogP contribution is 2.29. The second-order valence-electron chi connectivity index (χ2n) is 7.28. The van der Waals surface area contributed by atoms with Gasteiger partial charge in [0.1, 0.15) is 0 Å². The largest absolute Gasteiger partial charge is 0.477 e. The second-order valence-corrected chi connectivity index (χ2v) is 7.28. The summed E-state index contributed by atoms with van der Waals surface area (Å²) in [5.74, 6) is 1.07. The minimum Gasteiger partial charge on any atom is -0.477 e. The second kappa shape index (κ2) is 9.21. The van der Waals surface area contributed by atoms with E-state index < -0.39 is 0 Å². The molecule has 3 amide bonds. The van der Waals surface area contributed by atoms with Gasteiger partial charge in [0, 0.05) is 36.1 Å². The molecule has 1 aliphatic carbocycles. The first kappa shape index (κ1) is 19.7. The molecule has 1 aliphatic rings. The molecule has 3 rings (SSSR count). The summed E-state index contributed by atoms with van der Waals surface area (Å²) in [5, 5.41) is 8.32. The number of hydrogen-bond donors (Lipinski definition) is 3. The number of nitrogens with one attached hydrogen (secondary N) is 3. The van der Waals surface area contributed by atoms with Gasteiger partial charge in [0.05, 0.1) is 6.61 Å². The molecule has 0 atom stereocenters. The molecule has 2 aromatic rings. The highest BCUT2D eigenvalue weighted by atomic mass is 16.5. The van der Waals surface area contributed by atoms with E-state index in [9.17, 15) is 9.59 Å². The third-order valence-corrected chi connectivity index (χ3v) is 4.22. The molecule has 0 unspecified atom stereocenters. The van der Waals surface area contributed by atoms with Crippen LogP contribution < -0.4 is 20.7 Å². The van der Waals surface area contributed by atoms with Crippen molar-refractivity contribution in [2.75, 3.05) is 11.9 Å². The Hall–Kier alpha value is -3.09. The van der Waals surface area contributed by atoms with Gasteiger partial charge >= 0.3 is 6.03 Å². The Morgan fingerprint density at radius 3 is 2.71 bits per heavy atom. The summed E-state index contributed by atoms with van der Waals surface area (Å²) in [6.45, 7) is 4.84. The zero-order valence-corrected chi connectivity index (χ0v) is 16.2. The van der Waals surface area contributed by atoms with Crippen molar-refractivity contribution in [3.8, 4) is 5.88 Å². The summed E-state index contributed by atoms with van der Waals surface area (Å²) >= 11 is 0. The van der Waals surface area contributed by atoms with Crippen molar-refractivity contribution >= 4 is 17.6 Å². The molecule has 7 heteroatoms. The van der Waals surface area contributed by atoms with Crippen molar-refractivity contribution in [3.63, 3.8) is 0 Å². The molecular weight excluding hydrogens is 356 g/mol. The summed E-state index contributed by atoms with van der Waals surface area (Å²) in [4.78, 5) is 28.5. The lowest BCUT2D eigenvalue weighted by Gasteiger charge is -2.11. The van der Waals surface area contributed by atoms with Crippen LogP contribution in [0.3, 0.4) is 0 Å². The van der Waals surface area contributed by atoms with E-state index >= 15 is 0 Å². The third kappa shape index (κ3) is 6.26. The molecule has 148 valence electrons. The smallest absolute Gasteiger partial charge is 0.319 e. The Labute approximate surface area is 164 Å². The van der Waals surface area contributed by atoms with Crippen molar-refractivity contribution in [2.45, 2.75) is 39.3 Å². The maximum atomic E-state index is 12.4. The molecule has 0 aliphatic heterocycles. The molecule has 0 bridgehead atoms. The fourth-order valence-electron chi connectivity index (χ4n) is 2.54. The maximum Gasteiger partial charge on any atom is 0.319 e. The van der Waals surface area contributed by atoms with Crippen LogP contribution in [0, 0.1) is 5.92 Å². The molecule has 1 heterocycles. The van der Waals surface area contributed by atoms with Crippen LogP contribution in [-0.4, -0.2) is 29.6 Å². The Bertz CT molecular complexity index is 817. The van der Waals surface area contributed by atoms with Crippen molar-refractivity contribution in [2.24, 2.45) is 5.92 Å². The number of aromatic nitrogens is 1. The zero-order chi connectivity index (χ0) is 19.9. The topological polar surface area (TPSA) is 92.4 Å². The molecule has 0 saturated heterocycles. The Kier molecular flexibility index (Phi) is 6.47. The summed E-state index contributed by atoms with van der Waals surface area (Å²) < 4.78 is 5.61. The van der Waals surface area contributed by atoms with Crippen LogP contribution in [0.2, 0.25) is 0 Å². The van der Waals surface area contributed by atoms with E-state index in [-0.39, 0.29) is 18.0 Å². The number of benzene rings is 1. The Morgan fingerprint density at radius 1 is 1.21 bits per heavy atom. The normalized spacial score (nSPS) is 13.1. The SMILES string of the molecule is CC(C)NC(=O)Nc1cccc(C(=O)NCc2ccc(OCC3CC3)nc2)c1. The first-order chi connectivity index (χ1) is 13.5. The van der Waals surface area contributed by atoms with Crippen LogP contribution in [0.25, 0.3) is 0 Å². The van der Waals surface area contributed by atoms with Gasteiger partial charge in [0.2, 0.25) is 5.88 Å². The van der Waals surface area contributed by atoms with Crippen molar-refractivity contribution in [1.82, 2.24) is 15.6 Å². The van der Waals surface area contributed by atoms with Crippen LogP contribution in [0.4, 0.5) is 10.5 Å². The van der Waals surface area contributed by atoms with Gasteiger partial charge < -0.3 is 20.7 Å². The molecule has 3 N–H and O–H groups in total. The minimum absolute atomic E-state index is 0.0329. The summed E-state index contributed by atoms with van der Waals surface area (Å²) in [6, 6.07) is 10.3. The van der Waals surface area contributed by atoms with Gasteiger partial charge in [-0.3, -0.25) is 4.79 Å². The van der Waals surface area contributed by atoms with E-state index in [2.05, 4.69) is 20.9 Å². The number of hydrogen-bond acceptors (Lipinski definition) is 4. The van der Waals surface area contributed by atoms with E-state index in [1.54, 1.807) is 30.5 Å². The van der Waals surface area contributed by atoms with E-state index in [4.69, 9.17) is 4.74 Å². The molecule has 7 nitrogen and oxygen atoms in total. The predicted molar refractivity (Wildman–Crippen MR) is 107 cm³/mol. The average Bonchev–Trinajstić information content (AvgIpc) is 3.49. The van der Waals surface area contributed by atoms with E-state index in [0.717, 1.165) is 12.2 Å². The summed E-state index contributed by atoms with van der Waals surface area (Å²) in [6.07, 6.45) is 4.18. The highest BCUT2D eigenvalue weighted by Gasteiger charge is 2.22. The average molecular weight is 382 g/mol. The van der Waals surface area contributed by atoms with Crippen LogP contribution in [0.15, 0.2) is 42.6 Å². The molecular formula is C21H26N4O3. The number of amides is 3. The highest BCUT2D eigenvalue weighted by molar-refractivity contribution is 5.96. The quantitative estimate of drug-likeness (QED) is 0.653. The molecule has 1 aromatic heterocycles. The van der Waals surface area contributed by atoms with E-state index in [1.807, 2.05) is 26.0 Å². The Morgan fingerprint density at radius 2 is 2.04 bits per heavy atom. The van der Waals surface area contributed by atoms with Crippen molar-refractivity contribution in [1.29, 1.82) is 0 Å². The molecule has 0 spiro atoms. The van der Waals surface area contributed by atoms with Crippen LogP contribution in [0.5, 0.6) is 5.88 Å². The summed E-state index contributed by atoms with van der Waals surface area (Å²) in [7, 11) is 0. The molecule has 1 aromatic carbocycles. The number of pyridine rings is 1. The first-order valence-electron chi connectivity index (χ1n) is 9.53. The number of rotatable bonds is 8. The fraction of sp³-hybridized carbons (Fsp3) is 0.381. The van der Waals surface area contributed by atoms with Crippen LogP contribution in [-0.2, 0) is 6.54 Å². The van der Waals surface area contributed by atoms with Gasteiger partial charge in [-0.05, 0) is 56.4 Å². The van der Waals surface area contributed by atoms with Crippen LogP contribution >= 0.6 is 0 Å². The number of ether oxygens (including phenoxy) is 1. The Balaban J connectivity index is 1.50. The number of anilines is 1. The van der Waals surface area contributed by atoms with Crippen LogP contribution in [0.1, 0.15) is 42.6 Å². The zero-order valence-electron chi connectivity index (χ0n) is 16.2. The van der Waals surface area contributed by atoms with E-state index in [0.29, 0.717) is 29.6 Å². The third-order valence-electron chi connectivity index (χ3n) is 4.22. The lowest BCUT2D eigenvalue weighted by atomic mass is 10.2. The number of nitrogens with zero attached hydrogens (tertiary/aromatic N) is 1. The predicted octanol–water partition coefficient (Wildman–Crippen LogP) is 3.33. The van der Waals surface area contributed by atoms with Gasteiger partial charge in [-0.2, -0.15) is 0 Å². The monoisotopic (exact) mass is 382 g/mol. The van der Waals surface area contributed by atoms with Gasteiger partial charge in [-0.1, -0.05) is 12.1 Å². The fourth-order valence-corrected chi connectivity index (χ4v) is 2.54. The van der Waals surface area contributed by atoms with Gasteiger partial charge in [-0.25, -0.2) is 9.78 Å². The first-order valence-corrected chi connectivity index (χ1v) is 9.53. The van der Waals surface area contributed by atoms with Crippen molar-refractivity contribution < 1.29 is 14.3 Å². The number of carbonyl (C=O) groups excluding carboxylic acids is 2. The van der Waals surface area contributed by atoms with Gasteiger partial charge in [0.25, 0.3) is 5.91 Å².